The van der Waals surface area contributed by atoms with Crippen LogP contribution in [0.3, 0.4) is 0 Å². The largest absolute Gasteiger partial charge is 0.507 e. The lowest BCUT2D eigenvalue weighted by Crippen LogP contribution is -2.32. The second-order valence-electron chi connectivity index (χ2n) is 16.0. The Morgan fingerprint density at radius 1 is 0.431 bits per heavy atom. The van der Waals surface area contributed by atoms with Gasteiger partial charge in [0.15, 0.2) is 0 Å². The number of hydrogen-bond acceptors (Lipinski definition) is 5. The van der Waals surface area contributed by atoms with Gasteiger partial charge in [-0.05, 0) is 38.9 Å². The van der Waals surface area contributed by atoms with Crippen molar-refractivity contribution in [3.05, 3.63) is 56.0 Å². The third kappa shape index (κ3) is 71.7. The lowest BCUT2D eigenvalue weighted by molar-refractivity contribution is 0.261. The van der Waals surface area contributed by atoms with Gasteiger partial charge in [-0.3, -0.25) is 0 Å². The molecule has 5 nitrogen and oxygen atoms in total. The zero-order chi connectivity index (χ0) is 44.3. The molecule has 0 atom stereocenters. The highest BCUT2D eigenvalue weighted by molar-refractivity contribution is 4.64. The number of rotatable bonds is 40. The average Bonchev–Trinajstić information content (AvgIpc) is 3.25. The molecule has 0 amide bonds. The molecular weight excluding hydrogens is 713 g/mol. The molecule has 0 fully saturated rings. The van der Waals surface area contributed by atoms with Crippen molar-refractivity contribution in [2.45, 2.75) is 239 Å². The van der Waals surface area contributed by atoms with Crippen molar-refractivity contribution in [3.63, 3.8) is 0 Å². The third-order valence-electron chi connectivity index (χ3n) is 10.7. The molecule has 0 aliphatic rings. The zero-order valence-electron chi connectivity index (χ0n) is 40.2. The third-order valence-corrected chi connectivity index (χ3v) is 10.7. The van der Waals surface area contributed by atoms with Crippen LogP contribution in [-0.4, -0.2) is 60.6 Å². The first kappa shape index (κ1) is 65.2. The molecular formula is C53H106N2O3. The fraction of sp³-hybridized carbons (Fsp3) is 0.830. The van der Waals surface area contributed by atoms with Crippen molar-refractivity contribution in [2.75, 3.05) is 40.3 Å². The number of nitrogens with one attached hydrogen (secondary N) is 1. The Kier molecular flexibility index (Phi) is 78.3. The quantitative estimate of drug-likeness (QED) is 0.0281. The van der Waals surface area contributed by atoms with E-state index in [2.05, 4.69) is 81.5 Å². The maximum absolute atomic E-state index is 7.58. The van der Waals surface area contributed by atoms with E-state index in [9.17, 15) is 0 Å². The maximum atomic E-state index is 7.58. The molecule has 4 N–H and O–H groups in total. The van der Waals surface area contributed by atoms with Gasteiger partial charge in [0.1, 0.15) is 12.5 Å². The van der Waals surface area contributed by atoms with Crippen molar-refractivity contribution in [3.8, 4) is 0 Å². The van der Waals surface area contributed by atoms with Crippen LogP contribution in [0.2, 0.25) is 0 Å². The van der Waals surface area contributed by atoms with E-state index in [0.29, 0.717) is 0 Å². The number of aliphatic hydroxyl groups excluding tert-OH is 3. The van der Waals surface area contributed by atoms with Crippen LogP contribution in [0.1, 0.15) is 239 Å². The van der Waals surface area contributed by atoms with E-state index < -0.39 is 0 Å². The van der Waals surface area contributed by atoms with Crippen molar-refractivity contribution in [1.29, 1.82) is 0 Å². The second-order valence-corrected chi connectivity index (χ2v) is 16.0. The number of likely N-dealkylation sites (N-methyl/N-ethyl adjacent to an activating group) is 1. The highest BCUT2D eigenvalue weighted by Gasteiger charge is 2.09. The molecule has 0 radical (unpaired) electrons. The van der Waals surface area contributed by atoms with E-state index in [4.69, 9.17) is 15.3 Å². The second kappa shape index (κ2) is 69.6. The topological polar surface area (TPSA) is 76.0 Å². The van der Waals surface area contributed by atoms with Crippen LogP contribution in [-0.2, 0) is 0 Å². The summed E-state index contributed by atoms with van der Waals surface area (Å²) in [6.07, 6.45) is 51.1. The smallest absolute Gasteiger partial charge is 0.121 e. The van der Waals surface area contributed by atoms with Crippen molar-refractivity contribution >= 4 is 0 Å². The standard InChI is InChI=1S/C43H90N2.2C3H4O.C3H4.CH4O/c1-5-8-11-14-17-18-19-20-21-22-23-24-29-34-40-45(42-39-44-4)41-35-30-25-28-33-38-43(36-31-26-15-12-9-6-2)37-32-27-16-13-10-7-3;2*1-2-3-4;1-3-2;1-2/h43-44H,5-42H2,1-4H3;2*3-4H,1H2;1-2H2;2H,1H3. The number of aliphatic hydroxyl groups is 3. The van der Waals surface area contributed by atoms with Gasteiger partial charge in [-0.1, -0.05) is 264 Å². The van der Waals surface area contributed by atoms with Crippen LogP contribution < -0.4 is 5.32 Å². The van der Waals surface area contributed by atoms with Crippen molar-refractivity contribution < 1.29 is 15.3 Å². The minimum absolute atomic E-state index is 0.764. The normalized spacial score (nSPS) is 10.0. The molecule has 0 saturated heterocycles. The molecule has 5 heteroatoms. The molecule has 0 aliphatic carbocycles. The molecule has 58 heavy (non-hydrogen) atoms. The van der Waals surface area contributed by atoms with Gasteiger partial charge in [0, 0.05) is 20.2 Å². The van der Waals surface area contributed by atoms with E-state index in [1.165, 1.54) is 238 Å². The molecule has 0 aliphatic heterocycles. The highest BCUT2D eigenvalue weighted by atomic mass is 16.2. The fourth-order valence-corrected chi connectivity index (χ4v) is 7.29. The predicted octanol–water partition coefficient (Wildman–Crippen LogP) is 16.7. The molecule has 0 unspecified atom stereocenters. The summed E-state index contributed by atoms with van der Waals surface area (Å²) in [5.41, 5.74) is 6.47. The van der Waals surface area contributed by atoms with Crippen LogP contribution in [0.4, 0.5) is 0 Å². The van der Waals surface area contributed by atoms with E-state index in [1.54, 1.807) is 0 Å². The zero-order valence-corrected chi connectivity index (χ0v) is 40.2. The Morgan fingerprint density at radius 3 is 0.879 bits per heavy atom. The van der Waals surface area contributed by atoms with Crippen LogP contribution in [0.25, 0.3) is 0 Å². The number of hydrogen-bond donors (Lipinski definition) is 4. The van der Waals surface area contributed by atoms with Gasteiger partial charge in [-0.15, -0.1) is 5.73 Å². The first-order valence-electron chi connectivity index (χ1n) is 24.6. The van der Waals surface area contributed by atoms with Gasteiger partial charge in [0.05, 0.1) is 0 Å². The summed E-state index contributed by atoms with van der Waals surface area (Å²) in [7, 11) is 3.11. The van der Waals surface area contributed by atoms with Crippen LogP contribution >= 0.6 is 0 Å². The molecule has 0 heterocycles. The van der Waals surface area contributed by atoms with E-state index in [1.807, 2.05) is 0 Å². The van der Waals surface area contributed by atoms with E-state index in [0.717, 1.165) is 32.1 Å². The van der Waals surface area contributed by atoms with Crippen LogP contribution in [0, 0.1) is 5.92 Å². The minimum atomic E-state index is 0.764. The summed E-state index contributed by atoms with van der Waals surface area (Å²) in [6.45, 7) is 24.3. The number of unbranched alkanes of at least 4 members (excludes halogenated alkanes) is 27. The summed E-state index contributed by atoms with van der Waals surface area (Å²) >= 11 is 0. The summed E-state index contributed by atoms with van der Waals surface area (Å²) in [4.78, 5) is 2.76. The number of nitrogens with zero attached hydrogens (tertiary/aromatic N) is 1. The molecule has 0 spiro atoms. The monoisotopic (exact) mass is 819 g/mol. The Morgan fingerprint density at radius 2 is 0.655 bits per heavy atom. The van der Waals surface area contributed by atoms with Crippen molar-refractivity contribution in [2.24, 2.45) is 5.92 Å². The molecule has 346 valence electrons. The van der Waals surface area contributed by atoms with E-state index in [-0.39, 0.29) is 0 Å². The summed E-state index contributed by atoms with van der Waals surface area (Å²) in [6, 6.07) is 0. The molecule has 0 aromatic heterocycles. The molecule has 0 saturated carbocycles. The lowest BCUT2D eigenvalue weighted by atomic mass is 9.89. The Hall–Kier alpha value is -1.96. The van der Waals surface area contributed by atoms with Gasteiger partial charge >= 0.3 is 0 Å². The molecule has 0 aromatic carbocycles. The predicted molar refractivity (Wildman–Crippen MR) is 263 cm³/mol. The van der Waals surface area contributed by atoms with Gasteiger partial charge < -0.3 is 25.5 Å². The highest BCUT2D eigenvalue weighted by Crippen LogP contribution is 2.25. The first-order valence-corrected chi connectivity index (χ1v) is 24.6. The van der Waals surface area contributed by atoms with Gasteiger partial charge in [-0.25, -0.2) is 0 Å². The molecule has 0 rings (SSSR count). The Labute approximate surface area is 365 Å². The first-order chi connectivity index (χ1) is 28.5. The lowest BCUT2D eigenvalue weighted by Gasteiger charge is -2.22. The molecule has 0 aromatic rings. The average molecular weight is 819 g/mol. The van der Waals surface area contributed by atoms with Crippen LogP contribution in [0.15, 0.2) is 56.0 Å². The van der Waals surface area contributed by atoms with Gasteiger partial charge in [0.2, 0.25) is 0 Å². The summed E-state index contributed by atoms with van der Waals surface area (Å²) < 4.78 is 0. The SMILES string of the molecule is C=C=C.C=C=CO.C=C=CO.CCCCCCCCCCCCCCCCN(CCCCCCCC(CCCCCCCC)CCCCCCCC)CCNC.CO. The fourth-order valence-electron chi connectivity index (χ4n) is 7.29. The summed E-state index contributed by atoms with van der Waals surface area (Å²) in [5, 5.41) is 25.5. The minimum Gasteiger partial charge on any atom is -0.507 e. The Balaban J connectivity index is -0.000000627. The summed E-state index contributed by atoms with van der Waals surface area (Å²) in [5.74, 6) is 1.02. The molecule has 0 bridgehead atoms. The Bertz CT molecular complexity index is 780. The van der Waals surface area contributed by atoms with E-state index >= 15 is 0 Å². The van der Waals surface area contributed by atoms with Gasteiger partial charge in [-0.2, -0.15) is 0 Å². The van der Waals surface area contributed by atoms with Gasteiger partial charge in [0.25, 0.3) is 0 Å². The maximum Gasteiger partial charge on any atom is 0.121 e. The van der Waals surface area contributed by atoms with Crippen LogP contribution in [0.5, 0.6) is 0 Å². The van der Waals surface area contributed by atoms with Crippen molar-refractivity contribution in [1.82, 2.24) is 10.2 Å².